The maximum absolute atomic E-state index is 6.03. The van der Waals surface area contributed by atoms with Crippen LogP contribution in [-0.4, -0.2) is 15.6 Å². The van der Waals surface area contributed by atoms with Gasteiger partial charge in [-0.15, -0.1) is 0 Å². The molecule has 4 heteroatoms. The molecule has 0 spiro atoms. The summed E-state index contributed by atoms with van der Waals surface area (Å²) in [4.78, 5) is 4.37. The largest absolute Gasteiger partial charge is 0.328 e. The predicted octanol–water partition coefficient (Wildman–Crippen LogP) is 2.15. The summed E-state index contributed by atoms with van der Waals surface area (Å²) in [6.07, 6.45) is 5.12. The van der Waals surface area contributed by atoms with Gasteiger partial charge >= 0.3 is 0 Å². The van der Waals surface area contributed by atoms with Crippen LogP contribution in [0.4, 0.5) is 0 Å². The van der Waals surface area contributed by atoms with Crippen molar-refractivity contribution in [3.05, 3.63) is 17.2 Å². The number of halogens is 1. The Morgan fingerprint density at radius 1 is 1.79 bits per heavy atom. The molecule has 0 radical (unpaired) electrons. The van der Waals surface area contributed by atoms with Gasteiger partial charge in [0.15, 0.2) is 0 Å². The zero-order chi connectivity index (χ0) is 10.1. The lowest BCUT2D eigenvalue weighted by Crippen LogP contribution is -2.23. The van der Waals surface area contributed by atoms with Gasteiger partial charge in [0.05, 0.1) is 6.20 Å². The highest BCUT2D eigenvalue weighted by Crippen LogP contribution is 2.31. The molecule has 1 aromatic heterocycles. The van der Waals surface area contributed by atoms with Crippen molar-refractivity contribution in [2.45, 2.75) is 44.7 Å². The Bertz CT molecular complexity index is 319. The van der Waals surface area contributed by atoms with E-state index in [2.05, 4.69) is 9.55 Å². The summed E-state index contributed by atoms with van der Waals surface area (Å²) < 4.78 is 2.11. The SMILES string of the molecule is CC(N)CC1CCCn2c(Cl)cnc21. The molecule has 2 unspecified atom stereocenters. The third kappa shape index (κ3) is 1.79. The third-order valence-electron chi connectivity index (χ3n) is 2.79. The van der Waals surface area contributed by atoms with E-state index < -0.39 is 0 Å². The summed E-state index contributed by atoms with van der Waals surface area (Å²) in [5.74, 6) is 1.62. The monoisotopic (exact) mass is 213 g/mol. The topological polar surface area (TPSA) is 43.8 Å². The van der Waals surface area contributed by atoms with Crippen LogP contribution < -0.4 is 5.73 Å². The first kappa shape index (κ1) is 9.99. The second-order valence-corrected chi connectivity index (χ2v) is 4.53. The van der Waals surface area contributed by atoms with Crippen molar-refractivity contribution in [2.75, 3.05) is 0 Å². The number of aromatic nitrogens is 2. The van der Waals surface area contributed by atoms with Gasteiger partial charge in [-0.2, -0.15) is 0 Å². The Balaban J connectivity index is 2.22. The molecule has 0 amide bonds. The van der Waals surface area contributed by atoms with E-state index >= 15 is 0 Å². The van der Waals surface area contributed by atoms with Crippen LogP contribution >= 0.6 is 11.6 Å². The molecule has 1 aliphatic heterocycles. The normalized spacial score (nSPS) is 23.2. The average molecular weight is 214 g/mol. The number of rotatable bonds is 2. The van der Waals surface area contributed by atoms with Gasteiger partial charge in [0, 0.05) is 18.5 Å². The Labute approximate surface area is 89.3 Å². The second kappa shape index (κ2) is 3.91. The van der Waals surface area contributed by atoms with Gasteiger partial charge in [-0.1, -0.05) is 11.6 Å². The molecule has 1 aromatic rings. The highest BCUT2D eigenvalue weighted by molar-refractivity contribution is 6.29. The lowest BCUT2D eigenvalue weighted by atomic mass is 9.93. The molecule has 0 bridgehead atoms. The van der Waals surface area contributed by atoms with Crippen molar-refractivity contribution in [3.8, 4) is 0 Å². The van der Waals surface area contributed by atoms with E-state index in [1.165, 1.54) is 12.8 Å². The molecular weight excluding hydrogens is 198 g/mol. The maximum atomic E-state index is 6.03. The summed E-state index contributed by atoms with van der Waals surface area (Å²) in [6.45, 7) is 3.05. The van der Waals surface area contributed by atoms with E-state index in [4.69, 9.17) is 17.3 Å². The summed E-state index contributed by atoms with van der Waals surface area (Å²) in [7, 11) is 0. The van der Waals surface area contributed by atoms with Crippen molar-refractivity contribution >= 4 is 11.6 Å². The first-order chi connectivity index (χ1) is 6.68. The van der Waals surface area contributed by atoms with Crippen LogP contribution in [0, 0.1) is 0 Å². The van der Waals surface area contributed by atoms with E-state index in [1.807, 2.05) is 6.92 Å². The van der Waals surface area contributed by atoms with Crippen LogP contribution in [0.15, 0.2) is 6.20 Å². The molecule has 2 atom stereocenters. The highest BCUT2D eigenvalue weighted by atomic mass is 35.5. The highest BCUT2D eigenvalue weighted by Gasteiger charge is 2.23. The fraction of sp³-hybridized carbons (Fsp3) is 0.700. The van der Waals surface area contributed by atoms with Gasteiger partial charge in [0.2, 0.25) is 0 Å². The number of imidazole rings is 1. The fourth-order valence-corrected chi connectivity index (χ4v) is 2.43. The second-order valence-electron chi connectivity index (χ2n) is 4.14. The van der Waals surface area contributed by atoms with E-state index in [-0.39, 0.29) is 6.04 Å². The molecule has 1 aliphatic rings. The minimum absolute atomic E-state index is 0.238. The minimum atomic E-state index is 0.238. The van der Waals surface area contributed by atoms with Gasteiger partial charge in [-0.05, 0) is 26.2 Å². The zero-order valence-corrected chi connectivity index (χ0v) is 9.17. The molecule has 3 nitrogen and oxygen atoms in total. The number of hydrogen-bond donors (Lipinski definition) is 1. The van der Waals surface area contributed by atoms with Crippen LogP contribution in [0.25, 0.3) is 0 Å². The van der Waals surface area contributed by atoms with Crippen molar-refractivity contribution in [2.24, 2.45) is 5.73 Å². The minimum Gasteiger partial charge on any atom is -0.328 e. The molecule has 0 saturated carbocycles. The van der Waals surface area contributed by atoms with Crippen LogP contribution in [-0.2, 0) is 6.54 Å². The molecule has 0 aliphatic carbocycles. The first-order valence-electron chi connectivity index (χ1n) is 5.15. The molecule has 2 rings (SSSR count). The molecule has 0 aromatic carbocycles. The first-order valence-corrected chi connectivity index (χ1v) is 5.52. The molecular formula is C10H16ClN3. The molecule has 78 valence electrons. The Morgan fingerprint density at radius 2 is 2.57 bits per heavy atom. The molecule has 0 saturated heterocycles. The molecule has 14 heavy (non-hydrogen) atoms. The van der Waals surface area contributed by atoms with Gasteiger partial charge in [0.25, 0.3) is 0 Å². The average Bonchev–Trinajstić information content (AvgIpc) is 2.49. The number of fused-ring (bicyclic) bond motifs is 1. The van der Waals surface area contributed by atoms with Gasteiger partial charge in [-0.25, -0.2) is 4.98 Å². The number of nitrogens with two attached hydrogens (primary N) is 1. The predicted molar refractivity (Wildman–Crippen MR) is 57.5 cm³/mol. The third-order valence-corrected chi connectivity index (χ3v) is 3.10. The van der Waals surface area contributed by atoms with E-state index in [9.17, 15) is 0 Å². The van der Waals surface area contributed by atoms with E-state index in [0.717, 1.165) is 23.9 Å². The quantitative estimate of drug-likeness (QED) is 0.818. The smallest absolute Gasteiger partial charge is 0.128 e. The maximum Gasteiger partial charge on any atom is 0.128 e. The fourth-order valence-electron chi connectivity index (χ4n) is 2.21. The van der Waals surface area contributed by atoms with Crippen molar-refractivity contribution in [1.82, 2.24) is 9.55 Å². The van der Waals surface area contributed by atoms with Gasteiger partial charge < -0.3 is 10.3 Å². The summed E-state index contributed by atoms with van der Waals surface area (Å²) >= 11 is 6.03. The lowest BCUT2D eigenvalue weighted by molar-refractivity contribution is 0.406. The van der Waals surface area contributed by atoms with Gasteiger partial charge in [-0.3, -0.25) is 0 Å². The van der Waals surface area contributed by atoms with Crippen LogP contribution in [0.3, 0.4) is 0 Å². The Hall–Kier alpha value is -0.540. The van der Waals surface area contributed by atoms with Crippen molar-refractivity contribution < 1.29 is 0 Å². The standard InChI is InChI=1S/C10H16ClN3/c1-7(12)5-8-3-2-4-14-9(11)6-13-10(8)14/h6-8H,2-5,12H2,1H3. The summed E-state index contributed by atoms with van der Waals surface area (Å²) in [5, 5.41) is 0.759. The summed E-state index contributed by atoms with van der Waals surface area (Å²) in [6, 6.07) is 0.238. The molecule has 0 fully saturated rings. The number of nitrogens with zero attached hydrogens (tertiary/aromatic N) is 2. The Morgan fingerprint density at radius 3 is 3.29 bits per heavy atom. The number of hydrogen-bond acceptors (Lipinski definition) is 2. The Kier molecular flexibility index (Phi) is 2.79. The van der Waals surface area contributed by atoms with Crippen molar-refractivity contribution in [1.29, 1.82) is 0 Å². The van der Waals surface area contributed by atoms with E-state index in [1.54, 1.807) is 6.20 Å². The van der Waals surface area contributed by atoms with Crippen molar-refractivity contribution in [3.63, 3.8) is 0 Å². The van der Waals surface area contributed by atoms with Gasteiger partial charge in [0.1, 0.15) is 11.0 Å². The molecule has 2 heterocycles. The lowest BCUT2D eigenvalue weighted by Gasteiger charge is -2.25. The zero-order valence-electron chi connectivity index (χ0n) is 8.41. The summed E-state index contributed by atoms with van der Waals surface area (Å²) in [5.41, 5.74) is 5.82. The van der Waals surface area contributed by atoms with Crippen LogP contribution in [0.1, 0.15) is 37.9 Å². The van der Waals surface area contributed by atoms with Crippen LogP contribution in [0.2, 0.25) is 5.15 Å². The van der Waals surface area contributed by atoms with E-state index in [0.29, 0.717) is 5.92 Å². The molecule has 2 N–H and O–H groups in total. The van der Waals surface area contributed by atoms with Crippen LogP contribution in [0.5, 0.6) is 0 Å².